The summed E-state index contributed by atoms with van der Waals surface area (Å²) in [6, 6.07) is 5.67. The van der Waals surface area contributed by atoms with Crippen molar-refractivity contribution in [3.05, 3.63) is 58.3 Å². The fraction of sp³-hybridized carbons (Fsp3) is 0.238. The molecule has 0 aromatic heterocycles. The summed E-state index contributed by atoms with van der Waals surface area (Å²) in [5, 5.41) is 0. The molecule has 0 saturated heterocycles. The van der Waals surface area contributed by atoms with Gasteiger partial charge in [0.2, 0.25) is 0 Å². The van der Waals surface area contributed by atoms with Gasteiger partial charge in [0.1, 0.15) is 0 Å². The van der Waals surface area contributed by atoms with Crippen LogP contribution in [0.5, 0.6) is 0 Å². The number of fused-ring (bicyclic) bond motifs is 3. The molecule has 1 aromatic carbocycles. The van der Waals surface area contributed by atoms with Crippen molar-refractivity contribution in [1.82, 2.24) is 4.90 Å². The number of esters is 4. The fourth-order valence-electron chi connectivity index (χ4n) is 3.52. The Hall–Kier alpha value is -3.88. The Kier molecular flexibility index (Phi) is 5.72. The van der Waals surface area contributed by atoms with Gasteiger partial charge in [-0.15, -0.1) is 0 Å². The third-order valence-electron chi connectivity index (χ3n) is 4.81. The molecule has 0 fully saturated rings. The van der Waals surface area contributed by atoms with Crippen LogP contribution in [0.1, 0.15) is 11.1 Å². The second-order valence-corrected chi connectivity index (χ2v) is 6.22. The summed E-state index contributed by atoms with van der Waals surface area (Å²) in [5.41, 5.74) is 0.483. The molecule has 9 heteroatoms. The molecule has 1 atom stereocenters. The summed E-state index contributed by atoms with van der Waals surface area (Å²) in [5.74, 6) is -3.70. The molecule has 9 nitrogen and oxygen atoms in total. The molecule has 0 saturated carbocycles. The number of carbonyl (C=O) groups is 4. The van der Waals surface area contributed by atoms with Crippen molar-refractivity contribution in [2.24, 2.45) is 0 Å². The van der Waals surface area contributed by atoms with Crippen molar-refractivity contribution >= 4 is 35.7 Å². The Morgan fingerprint density at radius 1 is 0.800 bits per heavy atom. The van der Waals surface area contributed by atoms with Gasteiger partial charge < -0.3 is 23.8 Å². The van der Waals surface area contributed by atoms with Crippen LogP contribution in [0.15, 0.2) is 47.2 Å². The van der Waals surface area contributed by atoms with Gasteiger partial charge in [0.05, 0.1) is 50.9 Å². The Morgan fingerprint density at radius 2 is 1.40 bits per heavy atom. The minimum atomic E-state index is -1.38. The van der Waals surface area contributed by atoms with Gasteiger partial charge in [0.15, 0.2) is 6.04 Å². The van der Waals surface area contributed by atoms with Gasteiger partial charge in [-0.3, -0.25) is 0 Å². The highest BCUT2D eigenvalue weighted by Gasteiger charge is 2.48. The number of hydrogen-bond donors (Lipinski definition) is 0. The highest BCUT2D eigenvalue weighted by atomic mass is 16.5. The van der Waals surface area contributed by atoms with E-state index < -0.39 is 35.5 Å². The topological polar surface area (TPSA) is 108 Å². The van der Waals surface area contributed by atoms with E-state index in [0.29, 0.717) is 5.56 Å². The van der Waals surface area contributed by atoms with E-state index in [0.717, 1.165) is 34.0 Å². The Labute approximate surface area is 172 Å². The number of hydrogen-bond acceptors (Lipinski definition) is 9. The summed E-state index contributed by atoms with van der Waals surface area (Å²) >= 11 is 0. The van der Waals surface area contributed by atoms with Crippen LogP contribution in [0, 0.1) is 0 Å². The van der Waals surface area contributed by atoms with Crippen molar-refractivity contribution in [1.29, 1.82) is 0 Å². The summed E-state index contributed by atoms with van der Waals surface area (Å²) in [6.07, 6.45) is 3.24. The maximum Gasteiger partial charge on any atom is 0.340 e. The normalized spacial score (nSPS) is 17.1. The molecule has 3 rings (SSSR count). The van der Waals surface area contributed by atoms with Crippen molar-refractivity contribution < 1.29 is 38.1 Å². The van der Waals surface area contributed by atoms with Gasteiger partial charge >= 0.3 is 23.9 Å². The molecular formula is C21H19NO8. The maximum absolute atomic E-state index is 12.8. The summed E-state index contributed by atoms with van der Waals surface area (Å²) in [4.78, 5) is 52.4. The molecule has 30 heavy (non-hydrogen) atoms. The van der Waals surface area contributed by atoms with Crippen LogP contribution in [0.4, 0.5) is 0 Å². The second-order valence-electron chi connectivity index (χ2n) is 6.22. The molecule has 0 radical (unpaired) electrons. The first-order chi connectivity index (χ1) is 14.4. The number of carbonyl (C=O) groups excluding carboxylic acids is 4. The highest BCUT2D eigenvalue weighted by Crippen LogP contribution is 2.43. The van der Waals surface area contributed by atoms with E-state index in [-0.39, 0.29) is 16.8 Å². The first-order valence-corrected chi connectivity index (χ1v) is 8.78. The largest absolute Gasteiger partial charge is 0.467 e. The maximum atomic E-state index is 12.8. The van der Waals surface area contributed by atoms with Crippen molar-refractivity contribution in [3.63, 3.8) is 0 Å². The average Bonchev–Trinajstić information content (AvgIpc) is 2.79. The first kappa shape index (κ1) is 20.8. The van der Waals surface area contributed by atoms with Crippen LogP contribution < -0.4 is 0 Å². The zero-order valence-electron chi connectivity index (χ0n) is 16.8. The molecule has 2 heterocycles. The second kappa shape index (κ2) is 8.24. The summed E-state index contributed by atoms with van der Waals surface area (Å²) in [7, 11) is 4.48. The SMILES string of the molecule is COC(=O)C1=C(C(=O)OC)[C@@H](C(=O)OC)N2C=Cc3ccccc3C2=C1C(=O)OC. The zero-order valence-corrected chi connectivity index (χ0v) is 16.8. The van der Waals surface area contributed by atoms with Gasteiger partial charge in [0.25, 0.3) is 0 Å². The van der Waals surface area contributed by atoms with Crippen LogP contribution >= 0.6 is 0 Å². The molecule has 0 aliphatic carbocycles. The van der Waals surface area contributed by atoms with E-state index >= 15 is 0 Å². The van der Waals surface area contributed by atoms with E-state index in [9.17, 15) is 19.2 Å². The predicted molar refractivity (Wildman–Crippen MR) is 103 cm³/mol. The first-order valence-electron chi connectivity index (χ1n) is 8.78. The van der Waals surface area contributed by atoms with Gasteiger partial charge in [-0.2, -0.15) is 0 Å². The smallest absolute Gasteiger partial charge is 0.340 e. The lowest BCUT2D eigenvalue weighted by Crippen LogP contribution is -2.47. The Balaban J connectivity index is 2.50. The van der Waals surface area contributed by atoms with E-state index in [2.05, 4.69) is 0 Å². The third kappa shape index (κ3) is 3.14. The lowest BCUT2D eigenvalue weighted by Gasteiger charge is -2.39. The Morgan fingerprint density at radius 3 is 2.00 bits per heavy atom. The van der Waals surface area contributed by atoms with E-state index in [4.69, 9.17) is 18.9 Å². The molecular weight excluding hydrogens is 394 g/mol. The van der Waals surface area contributed by atoms with Gasteiger partial charge in [-0.05, 0) is 11.6 Å². The van der Waals surface area contributed by atoms with Crippen LogP contribution in [-0.4, -0.2) is 63.3 Å². The van der Waals surface area contributed by atoms with Crippen LogP contribution in [0.3, 0.4) is 0 Å². The molecule has 0 unspecified atom stereocenters. The van der Waals surface area contributed by atoms with Crippen molar-refractivity contribution in [3.8, 4) is 0 Å². The fourth-order valence-corrected chi connectivity index (χ4v) is 3.52. The number of methoxy groups -OCH3 is 4. The molecule has 2 aliphatic heterocycles. The summed E-state index contributed by atoms with van der Waals surface area (Å²) < 4.78 is 19.4. The molecule has 0 spiro atoms. The Bertz CT molecular complexity index is 1030. The van der Waals surface area contributed by atoms with Gasteiger partial charge in [-0.25, -0.2) is 19.2 Å². The molecule has 156 valence electrons. The minimum absolute atomic E-state index is 0.211. The molecule has 1 aromatic rings. The highest BCUT2D eigenvalue weighted by molar-refractivity contribution is 6.19. The third-order valence-corrected chi connectivity index (χ3v) is 4.81. The van der Waals surface area contributed by atoms with Crippen LogP contribution in [0.25, 0.3) is 11.8 Å². The lowest BCUT2D eigenvalue weighted by molar-refractivity contribution is -0.148. The van der Waals surface area contributed by atoms with E-state index in [1.165, 1.54) is 11.1 Å². The van der Waals surface area contributed by atoms with Gasteiger partial charge in [-0.1, -0.05) is 24.3 Å². The molecule has 2 aliphatic rings. The standard InChI is InChI=1S/C21H19NO8/c1-27-18(23)13-14(19(24)28-2)16-12-8-6-5-7-11(12)9-10-22(16)17(21(26)30-4)15(13)20(25)29-3/h5-10,17H,1-4H3/t17-/m0/s1. The molecule has 0 amide bonds. The predicted octanol–water partition coefficient (Wildman–Crippen LogP) is 1.05. The van der Waals surface area contributed by atoms with Crippen molar-refractivity contribution in [2.75, 3.05) is 28.4 Å². The van der Waals surface area contributed by atoms with Gasteiger partial charge in [0, 0.05) is 11.8 Å². The number of rotatable bonds is 4. The lowest BCUT2D eigenvalue weighted by atomic mass is 9.83. The quantitative estimate of drug-likeness (QED) is 0.529. The number of nitrogens with zero attached hydrogens (tertiary/aromatic N) is 1. The average molecular weight is 413 g/mol. The number of benzene rings is 1. The molecule has 0 bridgehead atoms. The summed E-state index contributed by atoms with van der Waals surface area (Å²) in [6.45, 7) is 0. The zero-order chi connectivity index (χ0) is 22.0. The van der Waals surface area contributed by atoms with Crippen LogP contribution in [0.2, 0.25) is 0 Å². The van der Waals surface area contributed by atoms with Crippen LogP contribution in [-0.2, 0) is 38.1 Å². The van der Waals surface area contributed by atoms with Crippen molar-refractivity contribution in [2.45, 2.75) is 6.04 Å². The molecule has 0 N–H and O–H groups in total. The number of ether oxygens (including phenoxy) is 4. The minimum Gasteiger partial charge on any atom is -0.467 e. The van der Waals surface area contributed by atoms with E-state index in [1.807, 2.05) is 0 Å². The van der Waals surface area contributed by atoms with E-state index in [1.54, 1.807) is 30.3 Å². The monoisotopic (exact) mass is 413 g/mol.